The van der Waals surface area contributed by atoms with Gasteiger partial charge in [0, 0.05) is 6.92 Å². The van der Waals surface area contributed by atoms with Crippen molar-refractivity contribution in [1.82, 2.24) is 0 Å². The van der Waals surface area contributed by atoms with E-state index in [1.807, 2.05) is 24.3 Å². The fourth-order valence-corrected chi connectivity index (χ4v) is 2.47. The van der Waals surface area contributed by atoms with Gasteiger partial charge in [-0.3, -0.25) is 9.00 Å². The number of alkyl halides is 1. The second kappa shape index (κ2) is 5.14. The lowest BCUT2D eigenvalue weighted by molar-refractivity contribution is -0.134. The third-order valence-electron chi connectivity index (χ3n) is 1.56. The number of carbonyl (C=O) groups is 1. The maximum absolute atomic E-state index is 11.3. The number of benzene rings is 1. The highest BCUT2D eigenvalue weighted by Crippen LogP contribution is 2.30. The molecule has 0 amide bonds. The van der Waals surface area contributed by atoms with E-state index in [0.717, 1.165) is 17.5 Å². The molecule has 1 aliphatic rings. The molecule has 4 nitrogen and oxygen atoms in total. The maximum Gasteiger partial charge on any atom is 0.300 e. The second-order valence-corrected chi connectivity index (χ2v) is 4.97. The number of carboxylic acids is 1. The van der Waals surface area contributed by atoms with Crippen LogP contribution >= 0.6 is 11.6 Å². The summed E-state index contributed by atoms with van der Waals surface area (Å²) in [5, 5.41) is 10.3. The van der Waals surface area contributed by atoms with Gasteiger partial charge in [0.15, 0.2) is 4.83 Å². The second-order valence-electron chi connectivity index (χ2n) is 2.77. The molecule has 1 aliphatic heterocycles. The quantitative estimate of drug-likeness (QED) is 0.542. The smallest absolute Gasteiger partial charge is 0.300 e. The van der Waals surface area contributed by atoms with E-state index in [2.05, 4.69) is 5.32 Å². The zero-order valence-corrected chi connectivity index (χ0v) is 9.51. The van der Waals surface area contributed by atoms with Gasteiger partial charge >= 0.3 is 0 Å². The van der Waals surface area contributed by atoms with Gasteiger partial charge in [0.25, 0.3) is 5.97 Å². The van der Waals surface area contributed by atoms with Crippen LogP contribution in [-0.2, 0) is 15.6 Å². The summed E-state index contributed by atoms with van der Waals surface area (Å²) in [6.45, 7) is 1.08. The molecule has 0 aromatic heterocycles. The fourth-order valence-electron chi connectivity index (χ4n) is 1.05. The molecule has 0 aliphatic carbocycles. The Morgan fingerprint density at radius 3 is 2.60 bits per heavy atom. The van der Waals surface area contributed by atoms with Crippen molar-refractivity contribution >= 4 is 34.1 Å². The molecule has 1 heterocycles. The summed E-state index contributed by atoms with van der Waals surface area (Å²) in [6, 6.07) is 7.43. The Morgan fingerprint density at radius 2 is 2.07 bits per heavy atom. The monoisotopic (exact) mass is 247 g/mol. The summed E-state index contributed by atoms with van der Waals surface area (Å²) < 4.78 is 11.3. The Kier molecular flexibility index (Phi) is 4.11. The number of aliphatic carboxylic acids is 1. The van der Waals surface area contributed by atoms with Crippen LogP contribution in [0.3, 0.4) is 0 Å². The van der Waals surface area contributed by atoms with Gasteiger partial charge in [-0.05, 0) is 12.1 Å². The Bertz CT molecular complexity index is 393. The van der Waals surface area contributed by atoms with Gasteiger partial charge in [-0.15, -0.1) is 0 Å². The van der Waals surface area contributed by atoms with Gasteiger partial charge in [-0.2, -0.15) is 0 Å². The van der Waals surface area contributed by atoms with Crippen molar-refractivity contribution in [2.45, 2.75) is 16.7 Å². The first-order chi connectivity index (χ1) is 7.02. The van der Waals surface area contributed by atoms with Crippen molar-refractivity contribution in [3.63, 3.8) is 0 Å². The molecule has 2 rings (SSSR count). The molecule has 1 aromatic rings. The number of halogens is 1. The van der Waals surface area contributed by atoms with E-state index < -0.39 is 21.6 Å². The molecular formula is C9H10ClNO3S. The van der Waals surface area contributed by atoms with Crippen LogP contribution in [0.5, 0.6) is 0 Å². The summed E-state index contributed by atoms with van der Waals surface area (Å²) in [4.78, 5) is 9.33. The minimum absolute atomic E-state index is 0.465. The minimum atomic E-state index is -1.09. The predicted octanol–water partition coefficient (Wildman–Crippen LogP) is 1.83. The third kappa shape index (κ3) is 3.21. The number of hydrogen-bond acceptors (Lipinski definition) is 3. The number of hydrogen-bond donors (Lipinski definition) is 2. The Balaban J connectivity index is 0.000000245. The van der Waals surface area contributed by atoms with Crippen molar-refractivity contribution in [1.29, 1.82) is 0 Å². The Labute approximate surface area is 94.7 Å². The van der Waals surface area contributed by atoms with Crippen molar-refractivity contribution in [3.8, 4) is 0 Å². The molecule has 0 saturated heterocycles. The highest BCUT2D eigenvalue weighted by atomic mass is 35.5. The highest BCUT2D eigenvalue weighted by molar-refractivity contribution is 7.87. The summed E-state index contributed by atoms with van der Waals surface area (Å²) in [6.07, 6.45) is 0. The van der Waals surface area contributed by atoms with E-state index >= 15 is 0 Å². The van der Waals surface area contributed by atoms with Crippen LogP contribution in [0.1, 0.15) is 6.92 Å². The Morgan fingerprint density at radius 1 is 1.53 bits per heavy atom. The Hall–Kier alpha value is -1.07. The van der Waals surface area contributed by atoms with Crippen LogP contribution in [0.15, 0.2) is 29.2 Å². The van der Waals surface area contributed by atoms with Gasteiger partial charge in [0.2, 0.25) is 0 Å². The summed E-state index contributed by atoms with van der Waals surface area (Å²) in [5.74, 6) is -0.833. The molecule has 0 saturated carbocycles. The standard InChI is InChI=1S/C7H6ClNOS.C2H4O2/c8-7-9-5-3-1-2-4-6(5)11(7)10;1-2(3)4/h1-4,7,9H;1H3,(H,3,4). The third-order valence-corrected chi connectivity index (χ3v) is 3.44. The van der Waals surface area contributed by atoms with Crippen LogP contribution in [0.4, 0.5) is 5.69 Å². The van der Waals surface area contributed by atoms with E-state index in [9.17, 15) is 4.21 Å². The van der Waals surface area contributed by atoms with Crippen LogP contribution < -0.4 is 5.32 Å². The van der Waals surface area contributed by atoms with Crippen molar-refractivity contribution < 1.29 is 14.1 Å². The van der Waals surface area contributed by atoms with Gasteiger partial charge in [0.1, 0.15) is 0 Å². The number of rotatable bonds is 0. The zero-order valence-electron chi connectivity index (χ0n) is 7.94. The van der Waals surface area contributed by atoms with Crippen LogP contribution in [-0.4, -0.2) is 20.1 Å². The van der Waals surface area contributed by atoms with E-state index in [-0.39, 0.29) is 0 Å². The molecule has 82 valence electrons. The van der Waals surface area contributed by atoms with Gasteiger partial charge in [0.05, 0.1) is 21.4 Å². The van der Waals surface area contributed by atoms with E-state index in [1.165, 1.54) is 0 Å². The number of para-hydroxylation sites is 1. The molecule has 15 heavy (non-hydrogen) atoms. The normalized spacial score (nSPS) is 22.0. The number of anilines is 1. The summed E-state index contributed by atoms with van der Waals surface area (Å²) in [5.41, 5.74) is 0.880. The predicted molar refractivity (Wildman–Crippen MR) is 59.4 cm³/mol. The lowest BCUT2D eigenvalue weighted by Crippen LogP contribution is -2.08. The van der Waals surface area contributed by atoms with Crippen molar-refractivity contribution in [3.05, 3.63) is 24.3 Å². The number of nitrogens with one attached hydrogen (secondary N) is 1. The van der Waals surface area contributed by atoms with Gasteiger partial charge < -0.3 is 10.4 Å². The van der Waals surface area contributed by atoms with Crippen LogP contribution in [0, 0.1) is 0 Å². The van der Waals surface area contributed by atoms with Crippen LogP contribution in [0.25, 0.3) is 0 Å². The summed E-state index contributed by atoms with van der Waals surface area (Å²) >= 11 is 5.72. The van der Waals surface area contributed by atoms with E-state index in [1.54, 1.807) is 0 Å². The maximum atomic E-state index is 11.3. The molecule has 2 unspecified atom stereocenters. The molecule has 0 fully saturated rings. The molecule has 0 spiro atoms. The van der Waals surface area contributed by atoms with E-state index in [0.29, 0.717) is 0 Å². The molecular weight excluding hydrogens is 238 g/mol. The van der Waals surface area contributed by atoms with E-state index in [4.69, 9.17) is 21.5 Å². The van der Waals surface area contributed by atoms with Gasteiger partial charge in [-0.1, -0.05) is 23.7 Å². The summed E-state index contributed by atoms with van der Waals surface area (Å²) in [7, 11) is -1.09. The molecule has 6 heteroatoms. The molecule has 0 radical (unpaired) electrons. The average molecular weight is 248 g/mol. The molecule has 1 aromatic carbocycles. The van der Waals surface area contributed by atoms with Crippen LogP contribution in [0.2, 0.25) is 0 Å². The first-order valence-electron chi connectivity index (χ1n) is 4.12. The minimum Gasteiger partial charge on any atom is -0.481 e. The first kappa shape index (κ1) is 12.0. The largest absolute Gasteiger partial charge is 0.481 e. The average Bonchev–Trinajstić information content (AvgIpc) is 2.43. The van der Waals surface area contributed by atoms with Crippen molar-refractivity contribution in [2.75, 3.05) is 5.32 Å². The molecule has 2 N–H and O–H groups in total. The fraction of sp³-hybridized carbons (Fsp3) is 0.222. The first-order valence-corrected chi connectivity index (χ1v) is 5.77. The zero-order chi connectivity index (χ0) is 11.4. The molecule has 0 bridgehead atoms. The molecule has 2 atom stereocenters. The topological polar surface area (TPSA) is 66.4 Å². The lowest BCUT2D eigenvalue weighted by Gasteiger charge is -1.96. The lowest BCUT2D eigenvalue weighted by atomic mass is 10.3. The van der Waals surface area contributed by atoms with Gasteiger partial charge in [-0.25, -0.2) is 0 Å². The van der Waals surface area contributed by atoms with Crippen molar-refractivity contribution in [2.24, 2.45) is 0 Å². The highest BCUT2D eigenvalue weighted by Gasteiger charge is 2.25. The number of fused-ring (bicyclic) bond motifs is 1. The number of carboxylic acid groups (broad SMARTS) is 1. The SMILES string of the molecule is CC(=O)O.O=S1c2ccccc2NC1Cl.